The number of rotatable bonds is 1. The molecule has 2 aliphatic rings. The molecule has 2 fully saturated rings. The van der Waals surface area contributed by atoms with E-state index in [9.17, 15) is 18.0 Å². The lowest BCUT2D eigenvalue weighted by molar-refractivity contribution is -0.135. The van der Waals surface area contributed by atoms with Gasteiger partial charge in [0.15, 0.2) is 0 Å². The van der Waals surface area contributed by atoms with Crippen molar-refractivity contribution in [3.63, 3.8) is 0 Å². The second kappa shape index (κ2) is 4.67. The molecule has 1 saturated heterocycles. The van der Waals surface area contributed by atoms with Gasteiger partial charge in [0.05, 0.1) is 6.54 Å². The molecule has 0 radical (unpaired) electrons. The molecule has 3 atom stereocenters. The number of amides is 1. The van der Waals surface area contributed by atoms with E-state index in [1.165, 1.54) is 4.90 Å². The van der Waals surface area contributed by atoms with Crippen LogP contribution in [0.25, 0.3) is 0 Å². The lowest BCUT2D eigenvalue weighted by Gasteiger charge is -2.28. The quantitative estimate of drug-likeness (QED) is 0.720. The molecule has 0 spiro atoms. The summed E-state index contributed by atoms with van der Waals surface area (Å²) in [7, 11) is 0. The fourth-order valence-corrected chi connectivity index (χ4v) is 3.18. The van der Waals surface area contributed by atoms with E-state index in [4.69, 9.17) is 0 Å². The molecule has 1 aliphatic carbocycles. The third-order valence-corrected chi connectivity index (χ3v) is 4.43. The Morgan fingerprint density at radius 2 is 1.89 bits per heavy atom. The van der Waals surface area contributed by atoms with Gasteiger partial charge in [-0.25, -0.2) is 13.2 Å². The first-order valence-electron chi connectivity index (χ1n) is 6.91. The first-order valence-corrected chi connectivity index (χ1v) is 6.91. The fraction of sp³-hybridized carbons (Fsp3) is 0.929. The van der Waals surface area contributed by atoms with Crippen LogP contribution in [0.1, 0.15) is 40.0 Å². The zero-order valence-electron chi connectivity index (χ0n) is 11.8. The smallest absolute Gasteiger partial charge is 0.248 e. The Morgan fingerprint density at radius 1 is 1.26 bits per heavy atom. The van der Waals surface area contributed by atoms with E-state index in [2.05, 4.69) is 0 Å². The highest BCUT2D eigenvalue weighted by Crippen LogP contribution is 2.41. The van der Waals surface area contributed by atoms with Crippen molar-refractivity contribution in [1.29, 1.82) is 0 Å². The van der Waals surface area contributed by atoms with Crippen molar-refractivity contribution >= 4 is 5.91 Å². The van der Waals surface area contributed by atoms with Gasteiger partial charge < -0.3 is 4.90 Å². The van der Waals surface area contributed by atoms with Crippen LogP contribution in [0, 0.1) is 17.3 Å². The molecule has 2 nitrogen and oxygen atoms in total. The maximum atomic E-state index is 14.0. The SMILES string of the molecule is CC(C)(C)[C@@H]1CN(C(=O)C2CCC(F)(F)C2)C[C@@H]1F. The Bertz CT molecular complexity index is 364. The molecule has 0 N–H and O–H groups in total. The number of likely N-dealkylation sites (tertiary alicyclic amines) is 1. The normalized spacial score (nSPS) is 34.8. The average Bonchev–Trinajstić information content (AvgIpc) is 2.79. The van der Waals surface area contributed by atoms with E-state index in [-0.39, 0.29) is 43.0 Å². The van der Waals surface area contributed by atoms with Crippen molar-refractivity contribution in [3.05, 3.63) is 0 Å². The topological polar surface area (TPSA) is 20.3 Å². The van der Waals surface area contributed by atoms with E-state index in [0.29, 0.717) is 6.54 Å². The van der Waals surface area contributed by atoms with Crippen LogP contribution in [0.5, 0.6) is 0 Å². The molecule has 5 heteroatoms. The Labute approximate surface area is 112 Å². The first kappa shape index (κ1) is 14.7. The van der Waals surface area contributed by atoms with Gasteiger partial charge in [-0.2, -0.15) is 0 Å². The molecular weight excluding hydrogens is 255 g/mol. The van der Waals surface area contributed by atoms with Crippen LogP contribution < -0.4 is 0 Å². The summed E-state index contributed by atoms with van der Waals surface area (Å²) in [6.07, 6.45) is -1.43. The summed E-state index contributed by atoms with van der Waals surface area (Å²) in [5.74, 6) is -3.84. The van der Waals surface area contributed by atoms with E-state index in [1.807, 2.05) is 20.8 Å². The Kier molecular flexibility index (Phi) is 3.60. The molecular formula is C14H22F3NO. The van der Waals surface area contributed by atoms with Crippen LogP contribution >= 0.6 is 0 Å². The molecule has 1 amide bonds. The van der Waals surface area contributed by atoms with E-state index in [0.717, 1.165) is 0 Å². The van der Waals surface area contributed by atoms with Gasteiger partial charge in [0, 0.05) is 31.2 Å². The monoisotopic (exact) mass is 277 g/mol. The number of hydrogen-bond donors (Lipinski definition) is 0. The van der Waals surface area contributed by atoms with Gasteiger partial charge in [-0.15, -0.1) is 0 Å². The summed E-state index contributed by atoms with van der Waals surface area (Å²) in [4.78, 5) is 13.6. The minimum atomic E-state index is -2.72. The van der Waals surface area contributed by atoms with Crippen molar-refractivity contribution < 1.29 is 18.0 Å². The molecule has 19 heavy (non-hydrogen) atoms. The molecule has 1 saturated carbocycles. The van der Waals surface area contributed by atoms with Crippen LogP contribution in [-0.4, -0.2) is 36.0 Å². The largest absolute Gasteiger partial charge is 0.339 e. The second-order valence-electron chi connectivity index (χ2n) is 7.03. The van der Waals surface area contributed by atoms with Crippen LogP contribution in [-0.2, 0) is 4.79 Å². The summed E-state index contributed by atoms with van der Waals surface area (Å²) in [6.45, 7) is 6.25. The van der Waals surface area contributed by atoms with Crippen molar-refractivity contribution in [2.45, 2.75) is 52.1 Å². The molecule has 1 unspecified atom stereocenters. The number of hydrogen-bond acceptors (Lipinski definition) is 1. The number of alkyl halides is 3. The second-order valence-corrected chi connectivity index (χ2v) is 7.03. The van der Waals surface area contributed by atoms with Crippen LogP contribution in [0.4, 0.5) is 13.2 Å². The van der Waals surface area contributed by atoms with Crippen molar-refractivity contribution in [2.75, 3.05) is 13.1 Å². The summed E-state index contributed by atoms with van der Waals surface area (Å²) >= 11 is 0. The van der Waals surface area contributed by atoms with Crippen molar-refractivity contribution in [3.8, 4) is 0 Å². The molecule has 0 aromatic heterocycles. The van der Waals surface area contributed by atoms with Gasteiger partial charge in [0.1, 0.15) is 6.17 Å². The standard InChI is InChI=1S/C14H22F3NO/c1-13(2,3)10-7-18(8-11(10)15)12(19)9-4-5-14(16,17)6-9/h9-11H,4-8H2,1-3H3/t9?,10-,11+/m1/s1. The highest BCUT2D eigenvalue weighted by molar-refractivity contribution is 5.79. The maximum Gasteiger partial charge on any atom is 0.248 e. The summed E-state index contributed by atoms with van der Waals surface area (Å²) in [5.41, 5.74) is -0.214. The van der Waals surface area contributed by atoms with E-state index in [1.54, 1.807) is 0 Å². The summed E-state index contributed by atoms with van der Waals surface area (Å²) in [5, 5.41) is 0. The Hall–Kier alpha value is -0.740. The predicted molar refractivity (Wildman–Crippen MR) is 66.7 cm³/mol. The zero-order chi connectivity index (χ0) is 14.4. The molecule has 0 bridgehead atoms. The highest BCUT2D eigenvalue weighted by atomic mass is 19.3. The van der Waals surface area contributed by atoms with Crippen molar-refractivity contribution in [2.24, 2.45) is 17.3 Å². The average molecular weight is 277 g/mol. The Morgan fingerprint density at radius 3 is 2.32 bits per heavy atom. The third-order valence-electron chi connectivity index (χ3n) is 4.43. The third kappa shape index (κ3) is 3.06. The van der Waals surface area contributed by atoms with Gasteiger partial charge >= 0.3 is 0 Å². The van der Waals surface area contributed by atoms with Crippen molar-refractivity contribution in [1.82, 2.24) is 4.90 Å². The molecule has 110 valence electrons. The number of carbonyl (C=O) groups excluding carboxylic acids is 1. The lowest BCUT2D eigenvalue weighted by atomic mass is 9.79. The maximum absolute atomic E-state index is 14.0. The fourth-order valence-electron chi connectivity index (χ4n) is 3.18. The van der Waals surface area contributed by atoms with Gasteiger partial charge in [0.2, 0.25) is 11.8 Å². The summed E-state index contributed by atoms with van der Waals surface area (Å²) in [6, 6.07) is 0. The first-order chi connectivity index (χ1) is 8.60. The minimum Gasteiger partial charge on any atom is -0.339 e. The number of halogens is 3. The lowest BCUT2D eigenvalue weighted by Crippen LogP contribution is -2.35. The van der Waals surface area contributed by atoms with E-state index < -0.39 is 18.0 Å². The van der Waals surface area contributed by atoms with Gasteiger partial charge in [-0.1, -0.05) is 20.8 Å². The number of nitrogens with zero attached hydrogens (tertiary/aromatic N) is 1. The molecule has 1 aliphatic heterocycles. The highest BCUT2D eigenvalue weighted by Gasteiger charge is 2.47. The minimum absolute atomic E-state index is 0.0584. The van der Waals surface area contributed by atoms with Crippen LogP contribution in [0.3, 0.4) is 0 Å². The van der Waals surface area contributed by atoms with E-state index >= 15 is 0 Å². The zero-order valence-corrected chi connectivity index (χ0v) is 11.8. The molecule has 0 aromatic rings. The predicted octanol–water partition coefficient (Wildman–Crippen LogP) is 3.26. The number of carbonyl (C=O) groups is 1. The van der Waals surface area contributed by atoms with Crippen LogP contribution in [0.15, 0.2) is 0 Å². The molecule has 2 rings (SSSR count). The molecule has 1 heterocycles. The van der Waals surface area contributed by atoms with Gasteiger partial charge in [0.25, 0.3) is 0 Å². The van der Waals surface area contributed by atoms with Crippen LogP contribution in [0.2, 0.25) is 0 Å². The summed E-state index contributed by atoms with van der Waals surface area (Å²) < 4.78 is 40.3. The van der Waals surface area contributed by atoms with Gasteiger partial charge in [-0.3, -0.25) is 4.79 Å². The van der Waals surface area contributed by atoms with Gasteiger partial charge in [-0.05, 0) is 11.8 Å². The Balaban J connectivity index is 1.99. The molecule has 0 aromatic carbocycles.